The largest absolute Gasteiger partial charge is 0.493 e. The number of ether oxygens (including phenoxy) is 2. The van der Waals surface area contributed by atoms with Crippen molar-refractivity contribution in [3.8, 4) is 22.8 Å². The van der Waals surface area contributed by atoms with E-state index in [0.29, 0.717) is 35.4 Å². The molecule has 0 radical (unpaired) electrons. The summed E-state index contributed by atoms with van der Waals surface area (Å²) in [5, 5.41) is 4.11. The van der Waals surface area contributed by atoms with Crippen molar-refractivity contribution in [2.45, 2.75) is 51.2 Å². The molecule has 7 nitrogen and oxygen atoms in total. The third kappa shape index (κ3) is 4.26. The van der Waals surface area contributed by atoms with Gasteiger partial charge >= 0.3 is 6.18 Å². The predicted molar refractivity (Wildman–Crippen MR) is 127 cm³/mol. The first-order valence-electron chi connectivity index (χ1n) is 12.2. The maximum atomic E-state index is 14.1. The topological polar surface area (TPSA) is 69.0 Å². The zero-order chi connectivity index (χ0) is 25.6. The van der Waals surface area contributed by atoms with Gasteiger partial charge in [0.15, 0.2) is 28.5 Å². The molecule has 1 aromatic carbocycles. The lowest BCUT2D eigenvalue weighted by atomic mass is 9.72. The number of likely N-dealkylation sites (tertiary alicyclic amines) is 1. The number of methoxy groups -OCH3 is 2. The predicted octanol–water partition coefficient (Wildman–Crippen LogP) is 5.47. The van der Waals surface area contributed by atoms with Gasteiger partial charge in [0, 0.05) is 24.2 Å². The van der Waals surface area contributed by atoms with E-state index in [9.17, 15) is 18.0 Å². The molecule has 10 heteroatoms. The Hall–Kier alpha value is -3.30. The van der Waals surface area contributed by atoms with E-state index in [-0.39, 0.29) is 29.0 Å². The monoisotopic (exact) mass is 502 g/mol. The first kappa shape index (κ1) is 24.4. The summed E-state index contributed by atoms with van der Waals surface area (Å²) in [7, 11) is 2.93. The molecule has 3 atom stereocenters. The van der Waals surface area contributed by atoms with E-state index in [1.165, 1.54) is 20.3 Å². The molecule has 1 amide bonds. The normalized spacial score (nSPS) is 22.4. The van der Waals surface area contributed by atoms with Crippen molar-refractivity contribution in [2.75, 3.05) is 20.8 Å². The second-order valence-corrected chi connectivity index (χ2v) is 9.67. The standard InChI is InChI=1S/C26H29F3N4O3/c1-15-10-11-32(20-7-5-4-6-17(15)20)25(34)19-14-24-30-18(13-23(26(27,28)29)33(24)31-19)16-8-9-21(35-2)22(12-16)36-3/h8-9,12-15,17,20H,4-7,10-11H2,1-3H3/t15-,17-,20+/m1/s1. The fourth-order valence-electron chi connectivity index (χ4n) is 5.74. The van der Waals surface area contributed by atoms with Gasteiger partial charge in [-0.05, 0) is 55.4 Å². The summed E-state index contributed by atoms with van der Waals surface area (Å²) in [6.07, 6.45) is 0.388. The molecule has 1 aliphatic carbocycles. The molecule has 3 heterocycles. The average Bonchev–Trinajstić information content (AvgIpc) is 3.31. The minimum Gasteiger partial charge on any atom is -0.493 e. The van der Waals surface area contributed by atoms with E-state index in [0.717, 1.165) is 42.7 Å². The van der Waals surface area contributed by atoms with Crippen LogP contribution in [0.4, 0.5) is 13.2 Å². The van der Waals surface area contributed by atoms with Gasteiger partial charge in [0.1, 0.15) is 0 Å². The maximum Gasteiger partial charge on any atom is 0.433 e. The molecular weight excluding hydrogens is 473 g/mol. The Morgan fingerprint density at radius 1 is 1.03 bits per heavy atom. The van der Waals surface area contributed by atoms with E-state index >= 15 is 0 Å². The SMILES string of the molecule is COc1ccc(-c2cc(C(F)(F)F)n3nc(C(=O)N4CC[C@@H](C)[C@H]5CCCC[C@@H]54)cc3n2)cc1OC. The van der Waals surface area contributed by atoms with Crippen LogP contribution < -0.4 is 9.47 Å². The molecule has 0 bridgehead atoms. The molecule has 2 aromatic heterocycles. The number of amides is 1. The fourth-order valence-corrected chi connectivity index (χ4v) is 5.74. The van der Waals surface area contributed by atoms with E-state index < -0.39 is 11.9 Å². The van der Waals surface area contributed by atoms with Gasteiger partial charge in [-0.1, -0.05) is 19.8 Å². The van der Waals surface area contributed by atoms with Crippen LogP contribution in [0.2, 0.25) is 0 Å². The zero-order valence-electron chi connectivity index (χ0n) is 20.5. The summed E-state index contributed by atoms with van der Waals surface area (Å²) in [4.78, 5) is 19.8. The number of aromatic nitrogens is 3. The number of nitrogens with zero attached hydrogens (tertiary/aromatic N) is 4. The number of rotatable bonds is 4. The van der Waals surface area contributed by atoms with Gasteiger partial charge in [-0.25, -0.2) is 9.50 Å². The molecule has 2 aliphatic rings. The highest BCUT2D eigenvalue weighted by molar-refractivity contribution is 5.93. The van der Waals surface area contributed by atoms with Crippen molar-refractivity contribution in [1.29, 1.82) is 0 Å². The molecule has 0 spiro atoms. The second kappa shape index (κ2) is 9.29. The van der Waals surface area contributed by atoms with Crippen LogP contribution >= 0.6 is 0 Å². The van der Waals surface area contributed by atoms with Crippen molar-refractivity contribution >= 4 is 11.6 Å². The van der Waals surface area contributed by atoms with Gasteiger partial charge in [0.05, 0.1) is 19.9 Å². The highest BCUT2D eigenvalue weighted by atomic mass is 19.4. The Bertz CT molecular complexity index is 1290. The summed E-state index contributed by atoms with van der Waals surface area (Å²) in [6, 6.07) is 7.19. The third-order valence-electron chi connectivity index (χ3n) is 7.62. The number of carbonyl (C=O) groups is 1. The van der Waals surface area contributed by atoms with E-state index in [1.54, 1.807) is 18.2 Å². The van der Waals surface area contributed by atoms with Crippen molar-refractivity contribution in [2.24, 2.45) is 11.8 Å². The Balaban J connectivity index is 1.56. The lowest BCUT2D eigenvalue weighted by molar-refractivity contribution is -0.142. The summed E-state index contributed by atoms with van der Waals surface area (Å²) < 4.78 is 53.5. The minimum absolute atomic E-state index is 0.0173. The Morgan fingerprint density at radius 3 is 2.50 bits per heavy atom. The van der Waals surface area contributed by atoms with Crippen LogP contribution in [0.25, 0.3) is 16.9 Å². The van der Waals surface area contributed by atoms with Gasteiger partial charge in [0.25, 0.3) is 5.91 Å². The van der Waals surface area contributed by atoms with Crippen LogP contribution in [-0.4, -0.2) is 52.2 Å². The van der Waals surface area contributed by atoms with Crippen LogP contribution in [0.5, 0.6) is 11.5 Å². The highest BCUT2D eigenvalue weighted by Gasteiger charge is 2.41. The van der Waals surface area contributed by atoms with Crippen molar-refractivity contribution in [3.05, 3.63) is 41.7 Å². The van der Waals surface area contributed by atoms with Gasteiger partial charge in [-0.2, -0.15) is 18.3 Å². The van der Waals surface area contributed by atoms with Crippen molar-refractivity contribution in [3.63, 3.8) is 0 Å². The molecule has 3 aromatic rings. The molecular formula is C26H29F3N4O3. The quantitative estimate of drug-likeness (QED) is 0.473. The molecule has 1 aliphatic heterocycles. The van der Waals surface area contributed by atoms with E-state index in [2.05, 4.69) is 17.0 Å². The smallest absolute Gasteiger partial charge is 0.433 e. The van der Waals surface area contributed by atoms with Gasteiger partial charge < -0.3 is 14.4 Å². The van der Waals surface area contributed by atoms with Crippen molar-refractivity contribution in [1.82, 2.24) is 19.5 Å². The first-order valence-corrected chi connectivity index (χ1v) is 12.2. The Labute approximate surface area is 207 Å². The fraction of sp³-hybridized carbons (Fsp3) is 0.500. The van der Waals surface area contributed by atoms with E-state index in [4.69, 9.17) is 9.47 Å². The number of fused-ring (bicyclic) bond motifs is 2. The van der Waals surface area contributed by atoms with Crippen LogP contribution in [0, 0.1) is 11.8 Å². The number of benzene rings is 1. The highest BCUT2D eigenvalue weighted by Crippen LogP contribution is 2.40. The average molecular weight is 503 g/mol. The Morgan fingerprint density at radius 2 is 1.78 bits per heavy atom. The Kier molecular flexibility index (Phi) is 6.30. The van der Waals surface area contributed by atoms with Crippen LogP contribution in [0.3, 0.4) is 0 Å². The lowest BCUT2D eigenvalue weighted by Gasteiger charge is -2.47. The lowest BCUT2D eigenvalue weighted by Crippen LogP contribution is -2.52. The number of piperidine rings is 1. The first-order chi connectivity index (χ1) is 17.2. The second-order valence-electron chi connectivity index (χ2n) is 9.67. The minimum atomic E-state index is -4.70. The van der Waals surface area contributed by atoms with E-state index in [1.807, 2.05) is 4.90 Å². The molecule has 0 N–H and O–H groups in total. The molecule has 36 heavy (non-hydrogen) atoms. The number of alkyl halides is 3. The third-order valence-corrected chi connectivity index (χ3v) is 7.62. The molecule has 1 saturated heterocycles. The summed E-state index contributed by atoms with van der Waals surface area (Å²) in [6.45, 7) is 2.82. The number of carbonyl (C=O) groups excluding carboxylic acids is 1. The number of halogens is 3. The van der Waals surface area contributed by atoms with Crippen LogP contribution in [0.15, 0.2) is 30.3 Å². The van der Waals surface area contributed by atoms with Gasteiger partial charge in [-0.15, -0.1) is 0 Å². The van der Waals surface area contributed by atoms with Gasteiger partial charge in [-0.3, -0.25) is 4.79 Å². The number of hydrogen-bond acceptors (Lipinski definition) is 5. The van der Waals surface area contributed by atoms with Crippen molar-refractivity contribution < 1.29 is 27.4 Å². The molecule has 2 fully saturated rings. The van der Waals surface area contributed by atoms with Gasteiger partial charge in [0.2, 0.25) is 0 Å². The summed E-state index contributed by atoms with van der Waals surface area (Å²) in [5.74, 6) is 1.45. The summed E-state index contributed by atoms with van der Waals surface area (Å²) >= 11 is 0. The molecule has 5 rings (SSSR count). The zero-order valence-corrected chi connectivity index (χ0v) is 20.5. The molecule has 0 unspecified atom stereocenters. The maximum absolute atomic E-state index is 14.1. The molecule has 192 valence electrons. The van der Waals surface area contributed by atoms with Crippen LogP contribution in [-0.2, 0) is 6.18 Å². The number of hydrogen-bond donors (Lipinski definition) is 0. The van der Waals surface area contributed by atoms with Crippen LogP contribution in [0.1, 0.15) is 55.2 Å². The summed E-state index contributed by atoms with van der Waals surface area (Å²) in [5.41, 5.74) is -0.544. The molecule has 1 saturated carbocycles.